The van der Waals surface area contributed by atoms with Gasteiger partial charge in [-0.25, -0.2) is 0 Å². The van der Waals surface area contributed by atoms with E-state index in [4.69, 9.17) is 0 Å². The molecule has 0 bridgehead atoms. The third kappa shape index (κ3) is 3.58. The number of nitrogens with zero attached hydrogens (tertiary/aromatic N) is 6. The van der Waals surface area contributed by atoms with Gasteiger partial charge in [0.2, 0.25) is 0 Å². The SMILES string of the molecule is CCn1nccc1-c1cnc(C2CCCN(S(=O)(=O)N(C)C)C2)cn1. The molecule has 0 aliphatic carbocycles. The van der Waals surface area contributed by atoms with Gasteiger partial charge in [-0.2, -0.15) is 22.1 Å². The summed E-state index contributed by atoms with van der Waals surface area (Å²) < 4.78 is 29.4. The molecular weight excluding hydrogens is 340 g/mol. The van der Waals surface area contributed by atoms with Crippen molar-refractivity contribution in [2.45, 2.75) is 32.2 Å². The lowest BCUT2D eigenvalue weighted by Gasteiger charge is -2.33. The van der Waals surface area contributed by atoms with Crippen molar-refractivity contribution < 1.29 is 8.42 Å². The topological polar surface area (TPSA) is 84.2 Å². The second kappa shape index (κ2) is 7.19. The zero-order valence-electron chi connectivity index (χ0n) is 14.8. The maximum atomic E-state index is 12.3. The smallest absolute Gasteiger partial charge is 0.264 e. The van der Waals surface area contributed by atoms with Crippen LogP contribution in [0.3, 0.4) is 0 Å². The fourth-order valence-corrected chi connectivity index (χ4v) is 4.30. The molecule has 1 aliphatic heterocycles. The van der Waals surface area contributed by atoms with Gasteiger partial charge >= 0.3 is 0 Å². The largest absolute Gasteiger partial charge is 0.281 e. The number of aromatic nitrogens is 4. The molecule has 0 N–H and O–H groups in total. The Hall–Kier alpha value is -1.84. The lowest BCUT2D eigenvalue weighted by Crippen LogP contribution is -2.45. The first kappa shape index (κ1) is 18.0. The first-order valence-corrected chi connectivity index (χ1v) is 9.85. The third-order valence-electron chi connectivity index (χ3n) is 4.54. The van der Waals surface area contributed by atoms with Crippen LogP contribution >= 0.6 is 0 Å². The molecule has 2 aromatic heterocycles. The Bertz CT molecular complexity index is 815. The lowest BCUT2D eigenvalue weighted by atomic mass is 9.96. The number of aryl methyl sites for hydroxylation is 1. The number of hydrogen-bond acceptors (Lipinski definition) is 5. The average molecular weight is 364 g/mol. The molecule has 136 valence electrons. The van der Waals surface area contributed by atoms with Crippen molar-refractivity contribution >= 4 is 10.2 Å². The van der Waals surface area contributed by atoms with Crippen molar-refractivity contribution in [2.75, 3.05) is 27.2 Å². The second-order valence-electron chi connectivity index (χ2n) is 6.35. The molecule has 8 nitrogen and oxygen atoms in total. The molecule has 1 fully saturated rings. The summed E-state index contributed by atoms with van der Waals surface area (Å²) >= 11 is 0. The molecule has 0 radical (unpaired) electrons. The minimum atomic E-state index is -3.39. The van der Waals surface area contributed by atoms with Gasteiger partial charge in [-0.15, -0.1) is 0 Å². The molecular formula is C16H24N6O2S. The molecule has 25 heavy (non-hydrogen) atoms. The highest BCUT2D eigenvalue weighted by atomic mass is 32.2. The molecule has 0 aromatic carbocycles. The third-order valence-corrected chi connectivity index (χ3v) is 6.45. The molecule has 3 heterocycles. The highest BCUT2D eigenvalue weighted by molar-refractivity contribution is 7.86. The van der Waals surface area contributed by atoms with Crippen LogP contribution in [-0.4, -0.2) is 64.0 Å². The van der Waals surface area contributed by atoms with Crippen LogP contribution in [0, 0.1) is 0 Å². The van der Waals surface area contributed by atoms with Crippen LogP contribution in [0.5, 0.6) is 0 Å². The lowest BCUT2D eigenvalue weighted by molar-refractivity contribution is 0.296. The van der Waals surface area contributed by atoms with E-state index in [1.165, 1.54) is 8.61 Å². The van der Waals surface area contributed by atoms with E-state index in [0.717, 1.165) is 36.5 Å². The molecule has 0 spiro atoms. The molecule has 1 unspecified atom stereocenters. The van der Waals surface area contributed by atoms with E-state index < -0.39 is 10.2 Å². The molecule has 1 saturated heterocycles. The molecule has 1 aliphatic rings. The zero-order chi connectivity index (χ0) is 18.0. The van der Waals surface area contributed by atoms with E-state index in [-0.39, 0.29) is 5.92 Å². The van der Waals surface area contributed by atoms with Crippen molar-refractivity contribution in [2.24, 2.45) is 0 Å². The van der Waals surface area contributed by atoms with Gasteiger partial charge in [-0.3, -0.25) is 14.6 Å². The molecule has 1 atom stereocenters. The minimum absolute atomic E-state index is 0.0705. The first-order chi connectivity index (χ1) is 11.9. The van der Waals surface area contributed by atoms with Crippen LogP contribution in [0.4, 0.5) is 0 Å². The normalized spacial score (nSPS) is 19.4. The fourth-order valence-electron chi connectivity index (χ4n) is 3.11. The van der Waals surface area contributed by atoms with E-state index in [9.17, 15) is 8.42 Å². The zero-order valence-corrected chi connectivity index (χ0v) is 15.6. The Morgan fingerprint density at radius 3 is 2.72 bits per heavy atom. The Kier molecular flexibility index (Phi) is 5.16. The predicted molar refractivity (Wildman–Crippen MR) is 95.1 cm³/mol. The summed E-state index contributed by atoms with van der Waals surface area (Å²) in [6, 6.07) is 1.92. The fraction of sp³-hybridized carbons (Fsp3) is 0.562. The van der Waals surface area contributed by atoms with Gasteiger partial charge in [-0.05, 0) is 25.8 Å². The van der Waals surface area contributed by atoms with Crippen molar-refractivity contribution in [1.82, 2.24) is 28.4 Å². The van der Waals surface area contributed by atoms with Crippen molar-refractivity contribution in [3.05, 3.63) is 30.4 Å². The summed E-state index contributed by atoms with van der Waals surface area (Å²) in [7, 11) is -0.267. The van der Waals surface area contributed by atoms with Gasteiger partial charge in [0.15, 0.2) is 0 Å². The van der Waals surface area contributed by atoms with Gasteiger partial charge in [-0.1, -0.05) is 0 Å². The van der Waals surface area contributed by atoms with Gasteiger partial charge in [0.25, 0.3) is 10.2 Å². The quantitative estimate of drug-likeness (QED) is 0.799. The standard InChI is InChI=1S/C16H24N6O2S/c1-4-22-16(7-8-19-22)15-11-17-14(10-18-15)13-6-5-9-21(12-13)25(23,24)20(2)3/h7-8,10-11,13H,4-6,9,12H2,1-3H3. The molecule has 9 heteroatoms. The van der Waals surface area contributed by atoms with Gasteiger partial charge in [0.1, 0.15) is 5.69 Å². The summed E-state index contributed by atoms with van der Waals surface area (Å²) in [6.07, 6.45) is 7.00. The van der Waals surface area contributed by atoms with Crippen LogP contribution in [0.2, 0.25) is 0 Å². The van der Waals surface area contributed by atoms with Crippen molar-refractivity contribution in [1.29, 1.82) is 0 Å². The maximum absolute atomic E-state index is 12.3. The van der Waals surface area contributed by atoms with E-state index in [0.29, 0.717) is 13.1 Å². The minimum Gasteiger partial charge on any atom is -0.264 e. The van der Waals surface area contributed by atoms with E-state index >= 15 is 0 Å². The van der Waals surface area contributed by atoms with Crippen LogP contribution in [0.25, 0.3) is 11.4 Å². The van der Waals surface area contributed by atoms with Crippen LogP contribution in [-0.2, 0) is 16.8 Å². The van der Waals surface area contributed by atoms with E-state index in [1.807, 2.05) is 17.7 Å². The Balaban J connectivity index is 1.78. The van der Waals surface area contributed by atoms with E-state index in [2.05, 4.69) is 15.1 Å². The van der Waals surface area contributed by atoms with Crippen molar-refractivity contribution in [3.8, 4) is 11.4 Å². The summed E-state index contributed by atoms with van der Waals surface area (Å²) in [6.45, 7) is 3.80. The molecule has 0 amide bonds. The second-order valence-corrected chi connectivity index (χ2v) is 8.49. The van der Waals surface area contributed by atoms with Gasteiger partial charge in [0.05, 0.1) is 17.6 Å². The van der Waals surface area contributed by atoms with Crippen molar-refractivity contribution in [3.63, 3.8) is 0 Å². The highest BCUT2D eigenvalue weighted by Gasteiger charge is 2.31. The van der Waals surface area contributed by atoms with Gasteiger partial charge in [0, 0.05) is 52.0 Å². The number of hydrogen-bond donors (Lipinski definition) is 0. The van der Waals surface area contributed by atoms with Crippen LogP contribution < -0.4 is 0 Å². The summed E-state index contributed by atoms with van der Waals surface area (Å²) in [5.41, 5.74) is 2.55. The number of rotatable bonds is 5. The maximum Gasteiger partial charge on any atom is 0.281 e. The van der Waals surface area contributed by atoms with Crippen LogP contribution in [0.1, 0.15) is 31.4 Å². The Labute approximate surface area is 148 Å². The Morgan fingerprint density at radius 2 is 2.08 bits per heavy atom. The van der Waals surface area contributed by atoms with Crippen LogP contribution in [0.15, 0.2) is 24.7 Å². The monoisotopic (exact) mass is 364 g/mol. The molecule has 0 saturated carbocycles. The highest BCUT2D eigenvalue weighted by Crippen LogP contribution is 2.28. The molecule has 3 rings (SSSR count). The summed E-state index contributed by atoms with van der Waals surface area (Å²) in [5.74, 6) is 0.0705. The molecule has 2 aromatic rings. The Morgan fingerprint density at radius 1 is 1.28 bits per heavy atom. The first-order valence-electron chi connectivity index (χ1n) is 8.45. The summed E-state index contributed by atoms with van der Waals surface area (Å²) in [4.78, 5) is 9.08. The van der Waals surface area contributed by atoms with Gasteiger partial charge < -0.3 is 0 Å². The summed E-state index contributed by atoms with van der Waals surface area (Å²) in [5, 5.41) is 4.25. The number of piperidine rings is 1. The van der Waals surface area contributed by atoms with E-state index in [1.54, 1.807) is 32.7 Å². The average Bonchev–Trinajstić information content (AvgIpc) is 3.10. The predicted octanol–water partition coefficient (Wildman–Crippen LogP) is 1.35.